The fourth-order valence-electron chi connectivity index (χ4n) is 2.77. The maximum atomic E-state index is 4.80. The van der Waals surface area contributed by atoms with Gasteiger partial charge in [0.25, 0.3) is 0 Å². The summed E-state index contributed by atoms with van der Waals surface area (Å²) >= 11 is 0. The van der Waals surface area contributed by atoms with E-state index in [4.69, 9.17) is 4.98 Å². The van der Waals surface area contributed by atoms with Crippen LogP contribution in [0.25, 0.3) is 27.6 Å². The Morgan fingerprint density at radius 3 is 2.26 bits per heavy atom. The smallest absolute Gasteiger partial charge is 0.0776 e. The van der Waals surface area contributed by atoms with Gasteiger partial charge in [0, 0.05) is 5.39 Å². The van der Waals surface area contributed by atoms with Crippen LogP contribution in [0.2, 0.25) is 19.6 Å². The van der Waals surface area contributed by atoms with Crippen LogP contribution in [0.1, 0.15) is 12.6 Å². The van der Waals surface area contributed by atoms with Gasteiger partial charge in [-0.25, -0.2) is 4.98 Å². The minimum atomic E-state index is -1.36. The van der Waals surface area contributed by atoms with Crippen LogP contribution in [-0.2, 0) is 0 Å². The molecule has 0 aliphatic rings. The van der Waals surface area contributed by atoms with E-state index in [1.165, 1.54) is 21.7 Å². The number of allylic oxidation sites excluding steroid dienone is 1. The minimum absolute atomic E-state index is 0.970. The second-order valence-corrected chi connectivity index (χ2v) is 12.3. The maximum Gasteiger partial charge on any atom is 0.0776 e. The van der Waals surface area contributed by atoms with Crippen LogP contribution in [0, 0.1) is 0 Å². The molecule has 0 fully saturated rings. The normalized spacial score (nSPS) is 11.7. The fraction of sp³-hybridized carbons (Fsp3) is 0.190. The third kappa shape index (κ3) is 3.13. The lowest BCUT2D eigenvalue weighted by Gasteiger charge is -2.18. The molecule has 0 aliphatic carbocycles. The molecule has 0 radical (unpaired) electrons. The number of fused-ring (bicyclic) bond motifs is 1. The molecule has 0 aliphatic heterocycles. The van der Waals surface area contributed by atoms with E-state index in [2.05, 4.69) is 80.8 Å². The molecule has 0 saturated carbocycles. The molecule has 0 atom stereocenters. The van der Waals surface area contributed by atoms with Crippen molar-refractivity contribution < 1.29 is 0 Å². The first-order chi connectivity index (χ1) is 10.9. The van der Waals surface area contributed by atoms with Gasteiger partial charge in [-0.1, -0.05) is 73.9 Å². The molecule has 23 heavy (non-hydrogen) atoms. The quantitative estimate of drug-likeness (QED) is 0.583. The highest BCUT2D eigenvalue weighted by atomic mass is 28.3. The standard InChI is InChI=1S/C21H23NSi/c1-15(2)21-14-18(16-9-7-6-8-10-16)19-13-17(23(3,4)5)11-12-20(19)22-21/h6-14H,1H2,2-5H3. The van der Waals surface area contributed by atoms with Gasteiger partial charge in [-0.05, 0) is 35.8 Å². The average molecular weight is 318 g/mol. The van der Waals surface area contributed by atoms with Gasteiger partial charge >= 0.3 is 0 Å². The lowest BCUT2D eigenvalue weighted by atomic mass is 9.99. The number of benzene rings is 2. The van der Waals surface area contributed by atoms with E-state index in [0.717, 1.165) is 16.8 Å². The molecule has 3 rings (SSSR count). The number of hydrogen-bond donors (Lipinski definition) is 0. The summed E-state index contributed by atoms with van der Waals surface area (Å²) in [6, 6.07) is 19.5. The van der Waals surface area contributed by atoms with Crippen LogP contribution in [-0.4, -0.2) is 13.1 Å². The number of pyridine rings is 1. The summed E-state index contributed by atoms with van der Waals surface area (Å²) in [5.74, 6) is 0. The fourth-order valence-corrected chi connectivity index (χ4v) is 3.93. The molecular weight excluding hydrogens is 294 g/mol. The number of hydrogen-bond acceptors (Lipinski definition) is 1. The molecule has 1 aromatic heterocycles. The van der Waals surface area contributed by atoms with Crippen molar-refractivity contribution >= 4 is 29.7 Å². The molecular formula is C21H23NSi. The third-order valence-electron chi connectivity index (χ3n) is 4.20. The minimum Gasteiger partial charge on any atom is -0.248 e. The maximum absolute atomic E-state index is 4.80. The van der Waals surface area contributed by atoms with Crippen molar-refractivity contribution in [1.29, 1.82) is 0 Å². The van der Waals surface area contributed by atoms with E-state index in [0.29, 0.717) is 0 Å². The van der Waals surface area contributed by atoms with Crippen molar-refractivity contribution in [3.8, 4) is 11.1 Å². The van der Waals surface area contributed by atoms with E-state index in [-0.39, 0.29) is 0 Å². The van der Waals surface area contributed by atoms with Gasteiger partial charge in [-0.15, -0.1) is 0 Å². The van der Waals surface area contributed by atoms with Crippen LogP contribution in [0.4, 0.5) is 0 Å². The Hall–Kier alpha value is -2.19. The molecule has 0 unspecified atom stereocenters. The summed E-state index contributed by atoms with van der Waals surface area (Å²) in [7, 11) is -1.36. The largest absolute Gasteiger partial charge is 0.248 e. The molecule has 2 heteroatoms. The molecule has 2 aromatic carbocycles. The highest BCUT2D eigenvalue weighted by molar-refractivity contribution is 6.88. The molecule has 3 aromatic rings. The van der Waals surface area contributed by atoms with Crippen molar-refractivity contribution in [1.82, 2.24) is 4.98 Å². The zero-order valence-electron chi connectivity index (χ0n) is 14.4. The van der Waals surface area contributed by atoms with E-state index < -0.39 is 8.07 Å². The zero-order chi connectivity index (χ0) is 16.6. The predicted molar refractivity (Wildman–Crippen MR) is 105 cm³/mol. The molecule has 0 bridgehead atoms. The lowest BCUT2D eigenvalue weighted by Crippen LogP contribution is -2.37. The van der Waals surface area contributed by atoms with Gasteiger partial charge in [-0.2, -0.15) is 0 Å². The van der Waals surface area contributed by atoms with E-state index in [9.17, 15) is 0 Å². The van der Waals surface area contributed by atoms with Gasteiger partial charge in [0.1, 0.15) is 0 Å². The Balaban J connectivity index is 2.35. The van der Waals surface area contributed by atoms with Crippen LogP contribution in [0.15, 0.2) is 61.2 Å². The Morgan fingerprint density at radius 1 is 0.957 bits per heavy atom. The highest BCUT2D eigenvalue weighted by Crippen LogP contribution is 2.30. The summed E-state index contributed by atoms with van der Waals surface area (Å²) < 4.78 is 0. The average Bonchev–Trinajstić information content (AvgIpc) is 2.53. The van der Waals surface area contributed by atoms with Crippen molar-refractivity contribution in [2.75, 3.05) is 0 Å². The van der Waals surface area contributed by atoms with Crippen LogP contribution >= 0.6 is 0 Å². The molecule has 1 heterocycles. The first kappa shape index (κ1) is 15.7. The van der Waals surface area contributed by atoms with Gasteiger partial charge in [0.05, 0.1) is 19.3 Å². The van der Waals surface area contributed by atoms with E-state index >= 15 is 0 Å². The number of nitrogens with zero attached hydrogens (tertiary/aromatic N) is 1. The second kappa shape index (κ2) is 5.78. The SMILES string of the molecule is C=C(C)c1cc(-c2ccccc2)c2cc([Si](C)(C)C)ccc2n1. The van der Waals surface area contributed by atoms with Crippen molar-refractivity contribution in [3.05, 3.63) is 66.9 Å². The van der Waals surface area contributed by atoms with Crippen LogP contribution in [0.3, 0.4) is 0 Å². The van der Waals surface area contributed by atoms with E-state index in [1.807, 2.05) is 6.92 Å². The Labute approximate surface area is 139 Å². The van der Waals surface area contributed by atoms with Gasteiger partial charge < -0.3 is 0 Å². The highest BCUT2D eigenvalue weighted by Gasteiger charge is 2.18. The zero-order valence-corrected chi connectivity index (χ0v) is 15.4. The topological polar surface area (TPSA) is 12.9 Å². The van der Waals surface area contributed by atoms with Gasteiger partial charge in [0.15, 0.2) is 0 Å². The van der Waals surface area contributed by atoms with Gasteiger partial charge in [0.2, 0.25) is 0 Å². The molecule has 0 amide bonds. The van der Waals surface area contributed by atoms with Crippen molar-refractivity contribution in [3.63, 3.8) is 0 Å². The lowest BCUT2D eigenvalue weighted by molar-refractivity contribution is 1.34. The monoisotopic (exact) mass is 317 g/mol. The van der Waals surface area contributed by atoms with Crippen molar-refractivity contribution in [2.45, 2.75) is 26.6 Å². The summed E-state index contributed by atoms with van der Waals surface area (Å²) in [4.78, 5) is 4.80. The van der Waals surface area contributed by atoms with E-state index in [1.54, 1.807) is 0 Å². The first-order valence-corrected chi connectivity index (χ1v) is 11.5. The van der Waals surface area contributed by atoms with Gasteiger partial charge in [-0.3, -0.25) is 0 Å². The third-order valence-corrected chi connectivity index (χ3v) is 6.24. The van der Waals surface area contributed by atoms with Crippen LogP contribution < -0.4 is 5.19 Å². The van der Waals surface area contributed by atoms with Crippen molar-refractivity contribution in [2.24, 2.45) is 0 Å². The second-order valence-electron chi connectivity index (χ2n) is 7.18. The summed E-state index contributed by atoms with van der Waals surface area (Å²) in [6.45, 7) is 13.2. The number of aromatic nitrogens is 1. The molecule has 0 saturated heterocycles. The van der Waals surface area contributed by atoms with Crippen LogP contribution in [0.5, 0.6) is 0 Å². The summed E-state index contributed by atoms with van der Waals surface area (Å²) in [6.07, 6.45) is 0. The number of rotatable bonds is 3. The molecule has 1 nitrogen and oxygen atoms in total. The molecule has 116 valence electrons. The molecule has 0 spiro atoms. The predicted octanol–water partition coefficient (Wildman–Crippen LogP) is 5.48. The summed E-state index contributed by atoms with van der Waals surface area (Å²) in [5.41, 5.74) is 5.49. The molecule has 0 N–H and O–H groups in total. The summed E-state index contributed by atoms with van der Waals surface area (Å²) in [5, 5.41) is 2.70. The Bertz CT molecular complexity index is 873. The Kier molecular flexibility index (Phi) is 3.95. The first-order valence-electron chi connectivity index (χ1n) is 8.03. The Morgan fingerprint density at radius 2 is 1.65 bits per heavy atom.